The number of nitrogens with one attached hydrogen (secondary N) is 2. The third-order valence-corrected chi connectivity index (χ3v) is 5.37. The molecule has 3 rings (SSSR count). The fraction of sp³-hybridized carbons (Fsp3) is 0.267. The summed E-state index contributed by atoms with van der Waals surface area (Å²) >= 11 is 8.01. The number of aliphatic hydroxyl groups is 1. The lowest BCUT2D eigenvalue weighted by Gasteiger charge is -2.12. The van der Waals surface area contributed by atoms with Crippen LogP contribution in [0.2, 0.25) is 5.02 Å². The molecule has 0 bridgehead atoms. The quantitative estimate of drug-likeness (QED) is 0.434. The van der Waals surface area contributed by atoms with Crippen LogP contribution in [-0.2, 0) is 5.75 Å². The zero-order chi connectivity index (χ0) is 18.0. The molecule has 0 aliphatic carbocycles. The molecule has 0 saturated carbocycles. The van der Waals surface area contributed by atoms with Crippen molar-refractivity contribution in [3.63, 3.8) is 0 Å². The number of nitrogens with zero attached hydrogens (tertiary/aromatic N) is 2. The van der Waals surface area contributed by atoms with Gasteiger partial charge in [0.05, 0.1) is 11.6 Å². The monoisotopic (exact) mass is 400 g/mol. The molecule has 1 atom stereocenters. The summed E-state index contributed by atoms with van der Waals surface area (Å²) in [5.74, 6) is 0.291. The molecule has 3 aromatic rings. The summed E-state index contributed by atoms with van der Waals surface area (Å²) in [5, 5.41) is 12.7. The highest BCUT2D eigenvalue weighted by atomic mass is 35.5. The lowest BCUT2D eigenvalue weighted by Crippen LogP contribution is -2.20. The molecule has 0 aliphatic heterocycles. The number of halogens is 2. The minimum absolute atomic E-state index is 0.0655. The van der Waals surface area contributed by atoms with Gasteiger partial charge >= 0.3 is 4.87 Å². The maximum Gasteiger partial charge on any atom is 0.306 e. The highest BCUT2D eigenvalue weighted by molar-refractivity contribution is 7.98. The Labute approximate surface area is 155 Å². The Hall–Kier alpha value is -1.68. The van der Waals surface area contributed by atoms with Crippen molar-refractivity contribution in [2.75, 3.05) is 11.9 Å². The molecular weight excluding hydrogens is 387 g/mol. The number of rotatable bonds is 6. The maximum absolute atomic E-state index is 14.0. The van der Waals surface area contributed by atoms with Gasteiger partial charge in [-0.05, 0) is 18.6 Å². The van der Waals surface area contributed by atoms with E-state index in [1.165, 1.54) is 17.8 Å². The number of hydrogen-bond donors (Lipinski definition) is 3. The normalized spacial score (nSPS) is 12.5. The first-order valence-electron chi connectivity index (χ1n) is 7.32. The fourth-order valence-electron chi connectivity index (χ4n) is 2.07. The van der Waals surface area contributed by atoms with Gasteiger partial charge in [0.15, 0.2) is 16.6 Å². The average molecular weight is 401 g/mol. The van der Waals surface area contributed by atoms with Crippen molar-refractivity contribution in [2.24, 2.45) is 0 Å². The summed E-state index contributed by atoms with van der Waals surface area (Å²) in [6.45, 7) is 1.71. The Balaban J connectivity index is 1.90. The Morgan fingerprint density at radius 1 is 1.48 bits per heavy atom. The van der Waals surface area contributed by atoms with E-state index in [0.29, 0.717) is 32.6 Å². The first-order chi connectivity index (χ1) is 12.0. The van der Waals surface area contributed by atoms with Gasteiger partial charge in [-0.3, -0.25) is 9.78 Å². The van der Waals surface area contributed by atoms with E-state index in [-0.39, 0.29) is 22.5 Å². The molecule has 0 aliphatic rings. The van der Waals surface area contributed by atoms with Gasteiger partial charge < -0.3 is 10.4 Å². The molecule has 2 aromatic heterocycles. The number of H-pyrrole nitrogens is 1. The average Bonchev–Trinajstić information content (AvgIpc) is 2.96. The van der Waals surface area contributed by atoms with E-state index in [9.17, 15) is 14.3 Å². The third-order valence-electron chi connectivity index (χ3n) is 3.31. The van der Waals surface area contributed by atoms with Crippen LogP contribution in [0.15, 0.2) is 28.2 Å². The molecule has 0 fully saturated rings. The molecular formula is C15H14ClFN4O2S2. The molecule has 25 heavy (non-hydrogen) atoms. The van der Waals surface area contributed by atoms with Crippen molar-refractivity contribution in [1.82, 2.24) is 15.0 Å². The summed E-state index contributed by atoms with van der Waals surface area (Å²) in [5.41, 5.74) is 0.852. The van der Waals surface area contributed by atoms with Gasteiger partial charge in [-0.15, -0.1) is 0 Å². The molecule has 3 N–H and O–H groups in total. The predicted octanol–water partition coefficient (Wildman–Crippen LogP) is 3.26. The minimum atomic E-state index is -0.464. The van der Waals surface area contributed by atoms with Crippen LogP contribution in [-0.4, -0.2) is 32.7 Å². The zero-order valence-corrected chi connectivity index (χ0v) is 15.4. The summed E-state index contributed by atoms with van der Waals surface area (Å²) in [7, 11) is 0. The number of benzene rings is 1. The van der Waals surface area contributed by atoms with Crippen molar-refractivity contribution >= 4 is 50.9 Å². The molecule has 132 valence electrons. The number of fused-ring (bicyclic) bond motifs is 1. The first kappa shape index (κ1) is 18.1. The molecule has 0 unspecified atom stereocenters. The van der Waals surface area contributed by atoms with Crippen molar-refractivity contribution in [1.29, 1.82) is 0 Å². The Bertz CT molecular complexity index is 962. The van der Waals surface area contributed by atoms with Gasteiger partial charge in [0, 0.05) is 11.8 Å². The SMILES string of the molecule is C[C@@H](CO)Nc1nc(SCc2cccc(Cl)c2F)nc2[nH]c(=O)sc12. The van der Waals surface area contributed by atoms with E-state index >= 15 is 0 Å². The van der Waals surface area contributed by atoms with Gasteiger partial charge in [-0.25, -0.2) is 14.4 Å². The second kappa shape index (κ2) is 7.69. The molecule has 0 amide bonds. The standard InChI is InChI=1S/C15H14ClFN4O2S2/c1-7(5-22)18-12-11-13(21-15(23)25-11)20-14(19-12)24-6-8-3-2-4-9(16)10(8)17/h2-4,7,22H,5-6H2,1H3,(H2,18,19,20,21,23)/t7-/m0/s1. The number of thiazole rings is 1. The van der Waals surface area contributed by atoms with Crippen LogP contribution >= 0.6 is 34.7 Å². The predicted molar refractivity (Wildman–Crippen MR) is 99.2 cm³/mol. The van der Waals surface area contributed by atoms with Crippen molar-refractivity contribution in [3.8, 4) is 0 Å². The number of anilines is 1. The lowest BCUT2D eigenvalue weighted by atomic mass is 10.2. The number of aliphatic hydroxyl groups excluding tert-OH is 1. The Morgan fingerprint density at radius 3 is 3.04 bits per heavy atom. The van der Waals surface area contributed by atoms with Crippen LogP contribution in [0, 0.1) is 5.82 Å². The van der Waals surface area contributed by atoms with E-state index in [1.807, 2.05) is 0 Å². The Kier molecular flexibility index (Phi) is 5.57. The summed E-state index contributed by atoms with van der Waals surface area (Å²) in [6.07, 6.45) is 0. The van der Waals surface area contributed by atoms with Crippen LogP contribution in [0.3, 0.4) is 0 Å². The van der Waals surface area contributed by atoms with Crippen molar-refractivity contribution < 1.29 is 9.50 Å². The summed E-state index contributed by atoms with van der Waals surface area (Å²) < 4.78 is 14.6. The minimum Gasteiger partial charge on any atom is -0.394 e. The smallest absolute Gasteiger partial charge is 0.306 e. The summed E-state index contributed by atoms with van der Waals surface area (Å²) in [6, 6.07) is 4.57. The topological polar surface area (TPSA) is 90.9 Å². The fourth-order valence-corrected chi connectivity index (χ4v) is 3.81. The molecule has 0 saturated heterocycles. The van der Waals surface area contributed by atoms with Crippen LogP contribution in [0.5, 0.6) is 0 Å². The van der Waals surface area contributed by atoms with Crippen molar-refractivity contribution in [2.45, 2.75) is 23.9 Å². The van der Waals surface area contributed by atoms with Gasteiger partial charge in [0.25, 0.3) is 0 Å². The first-order valence-corrected chi connectivity index (χ1v) is 9.50. The second-order valence-electron chi connectivity index (χ2n) is 5.28. The number of thioether (sulfide) groups is 1. The van der Waals surface area contributed by atoms with Gasteiger partial charge in [-0.1, -0.05) is 46.8 Å². The van der Waals surface area contributed by atoms with E-state index in [2.05, 4.69) is 20.3 Å². The van der Waals surface area contributed by atoms with Crippen LogP contribution in [0.25, 0.3) is 10.3 Å². The largest absolute Gasteiger partial charge is 0.394 e. The van der Waals surface area contributed by atoms with Crippen LogP contribution in [0.1, 0.15) is 12.5 Å². The van der Waals surface area contributed by atoms with E-state index < -0.39 is 5.82 Å². The summed E-state index contributed by atoms with van der Waals surface area (Å²) in [4.78, 5) is 22.7. The number of hydrogen-bond acceptors (Lipinski definition) is 7. The second-order valence-corrected chi connectivity index (χ2v) is 7.61. The third kappa shape index (κ3) is 4.12. The van der Waals surface area contributed by atoms with Gasteiger partial charge in [0.2, 0.25) is 0 Å². The van der Waals surface area contributed by atoms with Crippen LogP contribution in [0.4, 0.5) is 10.2 Å². The van der Waals surface area contributed by atoms with Crippen molar-refractivity contribution in [3.05, 3.63) is 44.3 Å². The number of aromatic nitrogens is 3. The number of aromatic amines is 1. The maximum atomic E-state index is 14.0. The molecule has 10 heteroatoms. The lowest BCUT2D eigenvalue weighted by molar-refractivity contribution is 0.281. The Morgan fingerprint density at radius 2 is 2.28 bits per heavy atom. The van der Waals surface area contributed by atoms with Crippen LogP contribution < -0.4 is 10.2 Å². The molecule has 0 radical (unpaired) electrons. The molecule has 0 spiro atoms. The van der Waals surface area contributed by atoms with E-state index in [0.717, 1.165) is 11.3 Å². The van der Waals surface area contributed by atoms with E-state index in [1.54, 1.807) is 19.1 Å². The molecule has 1 aromatic carbocycles. The zero-order valence-electron chi connectivity index (χ0n) is 13.0. The molecule has 2 heterocycles. The van der Waals surface area contributed by atoms with Gasteiger partial charge in [0.1, 0.15) is 10.5 Å². The van der Waals surface area contributed by atoms with E-state index in [4.69, 9.17) is 11.6 Å². The molecule has 6 nitrogen and oxygen atoms in total. The van der Waals surface area contributed by atoms with Gasteiger partial charge in [-0.2, -0.15) is 0 Å². The highest BCUT2D eigenvalue weighted by Crippen LogP contribution is 2.29. The highest BCUT2D eigenvalue weighted by Gasteiger charge is 2.15.